The average Bonchev–Trinajstić information content (AvgIpc) is 3.18. The number of hydrogen-bond acceptors (Lipinski definition) is 4. The summed E-state index contributed by atoms with van der Waals surface area (Å²) in [6.07, 6.45) is 2.35. The zero-order valence-corrected chi connectivity index (χ0v) is 19.2. The van der Waals surface area contributed by atoms with E-state index in [1.807, 2.05) is 24.3 Å². The molecule has 3 N–H and O–H groups in total. The second-order valence-electron chi connectivity index (χ2n) is 8.39. The molecule has 0 heterocycles. The van der Waals surface area contributed by atoms with E-state index < -0.39 is 23.9 Å². The Morgan fingerprint density at radius 2 is 1.63 bits per heavy atom. The molecule has 1 atom stereocenters. The lowest BCUT2D eigenvalue weighted by Gasteiger charge is -2.14. The maximum absolute atomic E-state index is 12.5. The Kier molecular flexibility index (Phi) is 7.26. The largest absolute Gasteiger partial charge is 0.481 e. The van der Waals surface area contributed by atoms with Crippen LogP contribution in [0.25, 0.3) is 17.2 Å². The number of fused-ring (bicyclic) bond motifs is 3. The predicted octanol–water partition coefficient (Wildman–Crippen LogP) is 4.90. The van der Waals surface area contributed by atoms with Crippen LogP contribution in [-0.2, 0) is 14.3 Å². The van der Waals surface area contributed by atoms with Gasteiger partial charge in [0, 0.05) is 24.2 Å². The van der Waals surface area contributed by atoms with Gasteiger partial charge < -0.3 is 15.2 Å². The molecule has 1 unspecified atom stereocenters. The van der Waals surface area contributed by atoms with Gasteiger partial charge in [0.05, 0.1) is 5.92 Å². The van der Waals surface area contributed by atoms with Crippen LogP contribution in [-0.4, -0.2) is 36.2 Å². The number of aliphatic carboxylic acids is 1. The molecule has 0 aromatic heterocycles. The first-order valence-corrected chi connectivity index (χ1v) is 11.3. The third kappa shape index (κ3) is 5.76. The first-order chi connectivity index (χ1) is 16.9. The summed E-state index contributed by atoms with van der Waals surface area (Å²) < 4.78 is 5.58. The van der Waals surface area contributed by atoms with Crippen LogP contribution in [0.2, 0.25) is 0 Å². The normalized spacial score (nSPS) is 13.1. The van der Waals surface area contributed by atoms with Gasteiger partial charge in [0.25, 0.3) is 0 Å². The minimum atomic E-state index is -0.971. The minimum absolute atomic E-state index is 0.0234. The van der Waals surface area contributed by atoms with Gasteiger partial charge >= 0.3 is 12.1 Å². The molecule has 1 aliphatic carbocycles. The van der Waals surface area contributed by atoms with E-state index in [0.29, 0.717) is 11.3 Å². The van der Waals surface area contributed by atoms with Crippen molar-refractivity contribution in [1.82, 2.24) is 5.32 Å². The molecule has 2 amide bonds. The van der Waals surface area contributed by atoms with Crippen LogP contribution in [0.15, 0.2) is 78.9 Å². The Bertz CT molecular complexity index is 1240. The first kappa shape index (κ1) is 23.8. The van der Waals surface area contributed by atoms with E-state index in [4.69, 9.17) is 9.84 Å². The second-order valence-corrected chi connectivity index (χ2v) is 8.39. The summed E-state index contributed by atoms with van der Waals surface area (Å²) in [4.78, 5) is 35.3. The van der Waals surface area contributed by atoms with Crippen LogP contribution in [0.5, 0.6) is 0 Å². The van der Waals surface area contributed by atoms with E-state index in [-0.39, 0.29) is 19.1 Å². The summed E-state index contributed by atoms with van der Waals surface area (Å²) in [5, 5.41) is 14.2. The molecule has 178 valence electrons. The number of ether oxygens (including phenoxy) is 1. The van der Waals surface area contributed by atoms with Crippen molar-refractivity contribution < 1.29 is 24.2 Å². The monoisotopic (exact) mass is 470 g/mol. The number of anilines is 1. The number of nitrogens with one attached hydrogen (secondary N) is 2. The number of benzene rings is 3. The Balaban J connectivity index is 1.34. The highest BCUT2D eigenvalue weighted by molar-refractivity contribution is 5.92. The van der Waals surface area contributed by atoms with E-state index in [0.717, 1.165) is 22.3 Å². The standard InChI is InChI=1S/C28H26N2O5/c1-18(27(32)33)16-29-26(31)14-13-19-7-6-8-20(15-19)30-28(34)35-17-25-23-11-4-2-9-21(23)22-10-3-5-12-24(22)25/h2-15,18,25H,16-17H2,1H3,(H,29,31)(H,30,34)(H,32,33)/b14-13+. The molecular formula is C28H26N2O5. The zero-order chi connectivity index (χ0) is 24.8. The smallest absolute Gasteiger partial charge is 0.411 e. The molecule has 7 heteroatoms. The van der Waals surface area contributed by atoms with Crippen molar-refractivity contribution in [2.45, 2.75) is 12.8 Å². The van der Waals surface area contributed by atoms with E-state index in [9.17, 15) is 14.4 Å². The number of carbonyl (C=O) groups is 3. The Morgan fingerprint density at radius 1 is 0.971 bits per heavy atom. The molecule has 0 saturated heterocycles. The van der Waals surface area contributed by atoms with Crippen LogP contribution in [0, 0.1) is 5.92 Å². The second kappa shape index (κ2) is 10.7. The number of carbonyl (C=O) groups excluding carboxylic acids is 2. The highest BCUT2D eigenvalue weighted by atomic mass is 16.5. The Morgan fingerprint density at radius 3 is 2.29 bits per heavy atom. The third-order valence-electron chi connectivity index (χ3n) is 5.91. The molecule has 0 fully saturated rings. The summed E-state index contributed by atoms with van der Waals surface area (Å²) in [7, 11) is 0. The molecular weight excluding hydrogens is 444 g/mol. The SMILES string of the molecule is CC(CNC(=O)/C=C/c1cccc(NC(=O)OCC2c3ccccc3-c3ccccc32)c1)C(=O)O. The van der Waals surface area contributed by atoms with Gasteiger partial charge in [0.15, 0.2) is 0 Å². The van der Waals surface area contributed by atoms with Crippen molar-refractivity contribution in [2.75, 3.05) is 18.5 Å². The molecule has 35 heavy (non-hydrogen) atoms. The number of carboxylic acid groups (broad SMARTS) is 1. The maximum atomic E-state index is 12.5. The van der Waals surface area contributed by atoms with E-state index in [2.05, 4.69) is 34.9 Å². The molecule has 0 aliphatic heterocycles. The van der Waals surface area contributed by atoms with Crippen LogP contribution >= 0.6 is 0 Å². The molecule has 3 aromatic rings. The summed E-state index contributed by atoms with van der Waals surface area (Å²) in [5.74, 6) is -2.06. The number of carboxylic acids is 1. The van der Waals surface area contributed by atoms with Gasteiger partial charge in [-0.15, -0.1) is 0 Å². The first-order valence-electron chi connectivity index (χ1n) is 11.3. The molecule has 4 rings (SSSR count). The van der Waals surface area contributed by atoms with Crippen molar-refractivity contribution >= 4 is 29.7 Å². The van der Waals surface area contributed by atoms with Crippen LogP contribution in [0.4, 0.5) is 10.5 Å². The van der Waals surface area contributed by atoms with E-state index in [1.165, 1.54) is 13.0 Å². The fraction of sp³-hybridized carbons (Fsp3) is 0.179. The van der Waals surface area contributed by atoms with Gasteiger partial charge in [0.1, 0.15) is 6.61 Å². The zero-order valence-electron chi connectivity index (χ0n) is 19.2. The molecule has 0 spiro atoms. The quantitative estimate of drug-likeness (QED) is 0.406. The Labute approximate surface area is 203 Å². The highest BCUT2D eigenvalue weighted by Crippen LogP contribution is 2.44. The fourth-order valence-electron chi connectivity index (χ4n) is 4.04. The van der Waals surface area contributed by atoms with E-state index >= 15 is 0 Å². The van der Waals surface area contributed by atoms with Gasteiger partial charge in [-0.25, -0.2) is 4.79 Å². The third-order valence-corrected chi connectivity index (χ3v) is 5.91. The number of amides is 2. The van der Waals surface area contributed by atoms with Crippen LogP contribution in [0.1, 0.15) is 29.5 Å². The lowest BCUT2D eigenvalue weighted by molar-refractivity contribution is -0.141. The van der Waals surface area contributed by atoms with E-state index in [1.54, 1.807) is 30.3 Å². The summed E-state index contributed by atoms with van der Waals surface area (Å²) in [5.41, 5.74) is 5.84. The predicted molar refractivity (Wildman–Crippen MR) is 134 cm³/mol. The van der Waals surface area contributed by atoms with Crippen molar-refractivity contribution in [3.8, 4) is 11.1 Å². The Hall–Kier alpha value is -4.39. The fourth-order valence-corrected chi connectivity index (χ4v) is 4.04. The average molecular weight is 471 g/mol. The van der Waals surface area contributed by atoms with Crippen molar-refractivity contribution in [2.24, 2.45) is 5.92 Å². The lowest BCUT2D eigenvalue weighted by atomic mass is 9.98. The van der Waals surface area contributed by atoms with Gasteiger partial charge in [0.2, 0.25) is 5.91 Å². The molecule has 1 aliphatic rings. The van der Waals surface area contributed by atoms with Crippen molar-refractivity contribution in [3.63, 3.8) is 0 Å². The summed E-state index contributed by atoms with van der Waals surface area (Å²) in [6.45, 7) is 1.78. The minimum Gasteiger partial charge on any atom is -0.481 e. The van der Waals surface area contributed by atoms with Gasteiger partial charge in [-0.3, -0.25) is 14.9 Å². The maximum Gasteiger partial charge on any atom is 0.411 e. The van der Waals surface area contributed by atoms with Gasteiger partial charge in [-0.1, -0.05) is 67.6 Å². The summed E-state index contributed by atoms with van der Waals surface area (Å²) >= 11 is 0. The van der Waals surface area contributed by atoms with Crippen molar-refractivity contribution in [1.29, 1.82) is 0 Å². The van der Waals surface area contributed by atoms with Gasteiger partial charge in [-0.05, 0) is 46.0 Å². The molecule has 0 bridgehead atoms. The van der Waals surface area contributed by atoms with Gasteiger partial charge in [-0.2, -0.15) is 0 Å². The topological polar surface area (TPSA) is 105 Å². The molecule has 3 aromatic carbocycles. The molecule has 7 nitrogen and oxygen atoms in total. The van der Waals surface area contributed by atoms with Crippen LogP contribution < -0.4 is 10.6 Å². The summed E-state index contributed by atoms with van der Waals surface area (Å²) in [6, 6.07) is 23.3. The van der Waals surface area contributed by atoms with Crippen molar-refractivity contribution in [3.05, 3.63) is 95.6 Å². The highest BCUT2D eigenvalue weighted by Gasteiger charge is 2.29. The number of hydrogen-bond donors (Lipinski definition) is 3. The molecule has 0 radical (unpaired) electrons. The molecule has 0 saturated carbocycles. The lowest BCUT2D eigenvalue weighted by Crippen LogP contribution is -2.30. The van der Waals surface area contributed by atoms with Crippen LogP contribution in [0.3, 0.4) is 0 Å². The number of rotatable bonds is 8.